The van der Waals surface area contributed by atoms with Crippen molar-refractivity contribution in [3.63, 3.8) is 0 Å². The first-order chi connectivity index (χ1) is 9.91. The van der Waals surface area contributed by atoms with Crippen molar-refractivity contribution >= 4 is 23.3 Å². The second kappa shape index (κ2) is 6.08. The predicted octanol–water partition coefficient (Wildman–Crippen LogP) is 2.17. The lowest BCUT2D eigenvalue weighted by Gasteiger charge is -2.35. The highest BCUT2D eigenvalue weighted by Crippen LogP contribution is 2.40. The van der Waals surface area contributed by atoms with Gasteiger partial charge >= 0.3 is 5.97 Å². The summed E-state index contributed by atoms with van der Waals surface area (Å²) >= 11 is 0. The highest BCUT2D eigenvalue weighted by molar-refractivity contribution is 6.22. The quantitative estimate of drug-likeness (QED) is 0.803. The fourth-order valence-corrected chi connectivity index (χ4v) is 3.61. The van der Waals surface area contributed by atoms with Crippen LogP contribution in [0.2, 0.25) is 0 Å². The molecule has 0 spiro atoms. The Balaban J connectivity index is 2.16. The normalized spacial score (nSPS) is 31.2. The second-order valence-electron chi connectivity index (χ2n) is 6.40. The van der Waals surface area contributed by atoms with Crippen LogP contribution in [0.3, 0.4) is 0 Å². The van der Waals surface area contributed by atoms with Gasteiger partial charge in [0.25, 0.3) is 0 Å². The monoisotopic (exact) mass is 294 g/mol. The number of carboxylic acids is 1. The number of Topliss-reactive ketones (excluding diaryl/α,β-unsaturated/α-hetero) is 3. The van der Waals surface area contributed by atoms with E-state index in [1.807, 2.05) is 0 Å². The van der Waals surface area contributed by atoms with E-state index < -0.39 is 28.9 Å². The second-order valence-corrected chi connectivity index (χ2v) is 6.40. The van der Waals surface area contributed by atoms with Crippen molar-refractivity contribution in [1.29, 1.82) is 0 Å². The van der Waals surface area contributed by atoms with Crippen LogP contribution < -0.4 is 0 Å². The van der Waals surface area contributed by atoms with E-state index in [1.165, 1.54) is 0 Å². The van der Waals surface area contributed by atoms with E-state index >= 15 is 0 Å². The van der Waals surface area contributed by atoms with Crippen LogP contribution in [0.15, 0.2) is 0 Å². The molecule has 1 N–H and O–H groups in total. The molecule has 5 nitrogen and oxygen atoms in total. The molecule has 0 amide bonds. The van der Waals surface area contributed by atoms with Crippen molar-refractivity contribution in [2.45, 2.75) is 58.3 Å². The maximum Gasteiger partial charge on any atom is 0.310 e. The summed E-state index contributed by atoms with van der Waals surface area (Å²) in [5.41, 5.74) is -1.31. The molecule has 0 saturated heterocycles. The molecule has 0 aromatic carbocycles. The van der Waals surface area contributed by atoms with Crippen molar-refractivity contribution < 1.29 is 24.3 Å². The predicted molar refractivity (Wildman–Crippen MR) is 74.7 cm³/mol. The maximum absolute atomic E-state index is 12.5. The van der Waals surface area contributed by atoms with Crippen LogP contribution in [0, 0.1) is 17.3 Å². The molecule has 0 aromatic rings. The topological polar surface area (TPSA) is 88.5 Å². The third kappa shape index (κ3) is 2.92. The lowest BCUT2D eigenvalue weighted by atomic mass is 9.65. The Morgan fingerprint density at radius 3 is 2.05 bits per heavy atom. The number of carbonyl (C=O) groups is 4. The molecule has 2 saturated carbocycles. The summed E-state index contributed by atoms with van der Waals surface area (Å²) in [5.74, 6) is -3.77. The molecule has 2 fully saturated rings. The van der Waals surface area contributed by atoms with Crippen LogP contribution in [-0.4, -0.2) is 28.4 Å². The van der Waals surface area contributed by atoms with Crippen LogP contribution in [-0.2, 0) is 19.2 Å². The van der Waals surface area contributed by atoms with Gasteiger partial charge in [0.1, 0.15) is 5.92 Å². The smallest absolute Gasteiger partial charge is 0.310 e. The number of rotatable bonds is 4. The molecule has 0 aliphatic heterocycles. The summed E-state index contributed by atoms with van der Waals surface area (Å²) in [6.07, 6.45) is 4.32. The Kier molecular flexibility index (Phi) is 4.59. The Labute approximate surface area is 124 Å². The zero-order valence-corrected chi connectivity index (χ0v) is 12.4. The summed E-state index contributed by atoms with van der Waals surface area (Å²) in [4.78, 5) is 48.4. The zero-order chi connectivity index (χ0) is 15.6. The molecule has 116 valence electrons. The summed E-state index contributed by atoms with van der Waals surface area (Å²) in [5, 5.41) is 9.31. The fourth-order valence-electron chi connectivity index (χ4n) is 3.61. The number of carbonyl (C=O) groups excluding carboxylic acids is 3. The summed E-state index contributed by atoms with van der Waals surface area (Å²) in [7, 11) is 0. The van der Waals surface area contributed by atoms with Gasteiger partial charge in [0.2, 0.25) is 0 Å². The number of hydrogen-bond donors (Lipinski definition) is 1. The Morgan fingerprint density at radius 2 is 1.62 bits per heavy atom. The van der Waals surface area contributed by atoms with E-state index in [1.54, 1.807) is 6.92 Å². The van der Waals surface area contributed by atoms with Crippen molar-refractivity contribution in [2.75, 3.05) is 0 Å². The minimum absolute atomic E-state index is 0.199. The molecular formula is C16H22O5. The number of carboxylic acid groups (broad SMARTS) is 1. The van der Waals surface area contributed by atoms with Crippen LogP contribution in [0.4, 0.5) is 0 Å². The molecule has 0 atom stereocenters. The van der Waals surface area contributed by atoms with Crippen LogP contribution in [0.5, 0.6) is 0 Å². The Hall–Kier alpha value is -1.52. The van der Waals surface area contributed by atoms with Crippen molar-refractivity contribution in [1.82, 2.24) is 0 Å². The molecule has 0 bridgehead atoms. The molecule has 2 aliphatic carbocycles. The minimum atomic E-state index is -1.31. The summed E-state index contributed by atoms with van der Waals surface area (Å²) in [6.45, 7) is 1.66. The van der Waals surface area contributed by atoms with E-state index in [4.69, 9.17) is 0 Å². The number of ketones is 3. The SMILES string of the molecule is CCC1(C(=O)O)CC(=O)C(C(=O)C2CCCCC2)C(=O)C1. The Morgan fingerprint density at radius 1 is 1.10 bits per heavy atom. The van der Waals surface area contributed by atoms with Gasteiger partial charge in [0.05, 0.1) is 5.41 Å². The molecule has 0 heterocycles. The number of hydrogen-bond acceptors (Lipinski definition) is 4. The van der Waals surface area contributed by atoms with E-state index in [2.05, 4.69) is 0 Å². The highest BCUT2D eigenvalue weighted by atomic mass is 16.4. The molecule has 21 heavy (non-hydrogen) atoms. The van der Waals surface area contributed by atoms with Gasteiger partial charge in [-0.3, -0.25) is 19.2 Å². The van der Waals surface area contributed by atoms with Crippen molar-refractivity contribution in [2.24, 2.45) is 17.3 Å². The van der Waals surface area contributed by atoms with Gasteiger partial charge < -0.3 is 5.11 Å². The van der Waals surface area contributed by atoms with Crippen molar-refractivity contribution in [3.05, 3.63) is 0 Å². The molecule has 5 heteroatoms. The third-order valence-corrected chi connectivity index (χ3v) is 5.09. The summed E-state index contributed by atoms with van der Waals surface area (Å²) in [6, 6.07) is 0. The first-order valence-corrected chi connectivity index (χ1v) is 7.74. The largest absolute Gasteiger partial charge is 0.481 e. The lowest BCUT2D eigenvalue weighted by molar-refractivity contribution is -0.161. The average molecular weight is 294 g/mol. The molecule has 2 rings (SSSR count). The fraction of sp³-hybridized carbons (Fsp3) is 0.750. The van der Waals surface area contributed by atoms with Crippen molar-refractivity contribution in [3.8, 4) is 0 Å². The van der Waals surface area contributed by atoms with E-state index in [9.17, 15) is 24.3 Å². The van der Waals surface area contributed by atoms with Gasteiger partial charge in [-0.2, -0.15) is 0 Å². The zero-order valence-electron chi connectivity index (χ0n) is 12.4. The standard InChI is InChI=1S/C16H22O5/c1-2-16(15(20)21)8-11(17)13(12(18)9-16)14(19)10-6-4-3-5-7-10/h10,13H,2-9H2,1H3,(H,20,21). The first-order valence-electron chi connectivity index (χ1n) is 7.74. The van der Waals surface area contributed by atoms with E-state index in [-0.39, 0.29) is 31.0 Å². The molecule has 2 aliphatic rings. The number of aliphatic carboxylic acids is 1. The maximum atomic E-state index is 12.5. The van der Waals surface area contributed by atoms with Gasteiger partial charge in [-0.05, 0) is 19.3 Å². The minimum Gasteiger partial charge on any atom is -0.481 e. The van der Waals surface area contributed by atoms with E-state index in [0.29, 0.717) is 0 Å². The van der Waals surface area contributed by atoms with E-state index in [0.717, 1.165) is 32.1 Å². The van der Waals surface area contributed by atoms with Gasteiger partial charge in [-0.1, -0.05) is 26.2 Å². The van der Waals surface area contributed by atoms with Crippen LogP contribution in [0.25, 0.3) is 0 Å². The van der Waals surface area contributed by atoms with Gasteiger partial charge in [-0.25, -0.2) is 0 Å². The summed E-state index contributed by atoms with van der Waals surface area (Å²) < 4.78 is 0. The Bertz CT molecular complexity index is 455. The highest BCUT2D eigenvalue weighted by Gasteiger charge is 2.51. The molecular weight excluding hydrogens is 272 g/mol. The lowest BCUT2D eigenvalue weighted by Crippen LogP contribution is -2.48. The van der Waals surface area contributed by atoms with Crippen LogP contribution in [0.1, 0.15) is 58.3 Å². The molecule has 0 aromatic heterocycles. The first kappa shape index (κ1) is 15.9. The van der Waals surface area contributed by atoms with Gasteiger partial charge in [0, 0.05) is 18.8 Å². The third-order valence-electron chi connectivity index (χ3n) is 5.09. The average Bonchev–Trinajstić information content (AvgIpc) is 2.46. The molecule has 0 radical (unpaired) electrons. The van der Waals surface area contributed by atoms with Crippen LogP contribution >= 0.6 is 0 Å². The molecule has 0 unspecified atom stereocenters. The van der Waals surface area contributed by atoms with Gasteiger partial charge in [-0.15, -0.1) is 0 Å². The van der Waals surface area contributed by atoms with Gasteiger partial charge in [0.15, 0.2) is 17.3 Å².